The summed E-state index contributed by atoms with van der Waals surface area (Å²) in [5.74, 6) is -0.760. The molecule has 0 saturated heterocycles. The van der Waals surface area contributed by atoms with Crippen LogP contribution in [0.2, 0.25) is 5.02 Å². The summed E-state index contributed by atoms with van der Waals surface area (Å²) in [6, 6.07) is 11.4. The first-order valence-electron chi connectivity index (χ1n) is 6.25. The molecule has 0 spiro atoms. The van der Waals surface area contributed by atoms with Crippen LogP contribution < -0.4 is 4.74 Å². The van der Waals surface area contributed by atoms with Crippen LogP contribution in [0.3, 0.4) is 0 Å². The van der Waals surface area contributed by atoms with E-state index in [1.807, 2.05) is 12.1 Å². The Morgan fingerprint density at radius 2 is 1.80 bits per heavy atom. The van der Waals surface area contributed by atoms with E-state index in [2.05, 4.69) is 13.8 Å². The highest BCUT2D eigenvalue weighted by atomic mass is 35.5. The Labute approximate surface area is 122 Å². The van der Waals surface area contributed by atoms with Crippen molar-refractivity contribution < 1.29 is 13.9 Å². The molecule has 0 aliphatic heterocycles. The minimum Gasteiger partial charge on any atom is -0.423 e. The van der Waals surface area contributed by atoms with Crippen molar-refractivity contribution in [1.29, 1.82) is 0 Å². The molecule has 2 rings (SSSR count). The lowest BCUT2D eigenvalue weighted by atomic mass is 10.0. The molecule has 0 fully saturated rings. The summed E-state index contributed by atoms with van der Waals surface area (Å²) < 4.78 is 18.8. The Morgan fingerprint density at radius 1 is 1.15 bits per heavy atom. The lowest BCUT2D eigenvalue weighted by Gasteiger charge is -2.08. The highest BCUT2D eigenvalue weighted by Crippen LogP contribution is 2.22. The summed E-state index contributed by atoms with van der Waals surface area (Å²) in [6.07, 6.45) is 0. The second kappa shape index (κ2) is 6.06. The molecule has 104 valence electrons. The van der Waals surface area contributed by atoms with E-state index in [1.54, 1.807) is 12.1 Å². The zero-order valence-corrected chi connectivity index (χ0v) is 11.9. The Bertz CT molecular complexity index is 621. The molecule has 0 heterocycles. The smallest absolute Gasteiger partial charge is 0.346 e. The van der Waals surface area contributed by atoms with Crippen molar-refractivity contribution in [2.24, 2.45) is 0 Å². The summed E-state index contributed by atoms with van der Waals surface area (Å²) in [5.41, 5.74) is 0.962. The van der Waals surface area contributed by atoms with E-state index in [-0.39, 0.29) is 10.6 Å². The van der Waals surface area contributed by atoms with Crippen molar-refractivity contribution in [3.05, 3.63) is 64.4 Å². The molecule has 0 saturated carbocycles. The number of carbonyl (C=O) groups is 1. The number of hydrogen-bond acceptors (Lipinski definition) is 2. The van der Waals surface area contributed by atoms with Gasteiger partial charge >= 0.3 is 5.97 Å². The van der Waals surface area contributed by atoms with Crippen LogP contribution in [0, 0.1) is 5.82 Å². The Morgan fingerprint density at radius 3 is 2.40 bits per heavy atom. The lowest BCUT2D eigenvalue weighted by Crippen LogP contribution is -2.10. The van der Waals surface area contributed by atoms with Gasteiger partial charge in [0.05, 0.1) is 10.6 Å². The number of rotatable bonds is 3. The van der Waals surface area contributed by atoms with E-state index >= 15 is 0 Å². The van der Waals surface area contributed by atoms with Crippen molar-refractivity contribution in [2.75, 3.05) is 0 Å². The second-order valence-corrected chi connectivity index (χ2v) is 5.12. The molecule has 0 unspecified atom stereocenters. The van der Waals surface area contributed by atoms with E-state index in [4.69, 9.17) is 16.3 Å². The van der Waals surface area contributed by atoms with Crippen LogP contribution in [0.15, 0.2) is 42.5 Å². The Hall–Kier alpha value is -1.87. The zero-order valence-electron chi connectivity index (χ0n) is 11.2. The first-order chi connectivity index (χ1) is 9.49. The molecule has 0 amide bonds. The molecular weight excluding hydrogens is 279 g/mol. The van der Waals surface area contributed by atoms with Crippen molar-refractivity contribution >= 4 is 17.6 Å². The fraction of sp³-hybridized carbons (Fsp3) is 0.188. The Balaban J connectivity index is 2.17. The van der Waals surface area contributed by atoms with Crippen molar-refractivity contribution in [2.45, 2.75) is 19.8 Å². The minimum atomic E-state index is -0.766. The van der Waals surface area contributed by atoms with Crippen LogP contribution >= 0.6 is 11.6 Å². The molecule has 4 heteroatoms. The number of benzene rings is 2. The maximum atomic E-state index is 13.7. The van der Waals surface area contributed by atoms with Crippen LogP contribution in [0.25, 0.3) is 0 Å². The van der Waals surface area contributed by atoms with Crippen molar-refractivity contribution in [3.63, 3.8) is 0 Å². The number of hydrogen-bond donors (Lipinski definition) is 0. The van der Waals surface area contributed by atoms with Gasteiger partial charge in [-0.3, -0.25) is 0 Å². The third-order valence-corrected chi connectivity index (χ3v) is 3.22. The quantitative estimate of drug-likeness (QED) is 0.599. The number of esters is 1. The van der Waals surface area contributed by atoms with Crippen molar-refractivity contribution in [1.82, 2.24) is 0 Å². The van der Waals surface area contributed by atoms with Gasteiger partial charge in [0.1, 0.15) is 5.75 Å². The third kappa shape index (κ3) is 3.17. The number of ether oxygens (including phenoxy) is 1. The zero-order chi connectivity index (χ0) is 14.7. The van der Waals surface area contributed by atoms with E-state index in [9.17, 15) is 9.18 Å². The van der Waals surface area contributed by atoms with E-state index in [0.717, 1.165) is 5.56 Å². The average Bonchev–Trinajstić information content (AvgIpc) is 2.42. The van der Waals surface area contributed by atoms with Crippen LogP contribution in [0.4, 0.5) is 4.39 Å². The Kier molecular flexibility index (Phi) is 4.40. The maximum absolute atomic E-state index is 13.7. The van der Waals surface area contributed by atoms with E-state index in [0.29, 0.717) is 11.7 Å². The van der Waals surface area contributed by atoms with Gasteiger partial charge in [-0.15, -0.1) is 0 Å². The van der Waals surface area contributed by atoms with Gasteiger partial charge in [-0.25, -0.2) is 9.18 Å². The molecule has 20 heavy (non-hydrogen) atoms. The highest BCUT2D eigenvalue weighted by molar-refractivity contribution is 6.31. The average molecular weight is 293 g/mol. The van der Waals surface area contributed by atoms with Crippen LogP contribution in [0.5, 0.6) is 5.75 Å². The van der Waals surface area contributed by atoms with Gasteiger partial charge in [0.15, 0.2) is 5.82 Å². The lowest BCUT2D eigenvalue weighted by molar-refractivity contribution is 0.0730. The first kappa shape index (κ1) is 14.5. The van der Waals surface area contributed by atoms with E-state index < -0.39 is 11.8 Å². The second-order valence-electron chi connectivity index (χ2n) is 4.71. The summed E-state index contributed by atoms with van der Waals surface area (Å²) in [4.78, 5) is 11.9. The molecule has 0 radical (unpaired) electrons. The predicted molar refractivity (Wildman–Crippen MR) is 76.9 cm³/mol. The molecule has 0 aliphatic rings. The summed E-state index contributed by atoms with van der Waals surface area (Å²) in [6.45, 7) is 4.14. The first-order valence-corrected chi connectivity index (χ1v) is 6.63. The van der Waals surface area contributed by atoms with Crippen molar-refractivity contribution in [3.8, 4) is 5.75 Å². The van der Waals surface area contributed by atoms with E-state index in [1.165, 1.54) is 18.2 Å². The molecule has 2 nitrogen and oxygen atoms in total. The molecule has 2 aromatic carbocycles. The van der Waals surface area contributed by atoms with Crippen LogP contribution in [-0.2, 0) is 0 Å². The van der Waals surface area contributed by atoms with Gasteiger partial charge < -0.3 is 4.74 Å². The molecule has 2 aromatic rings. The van der Waals surface area contributed by atoms with Crippen LogP contribution in [0.1, 0.15) is 35.7 Å². The topological polar surface area (TPSA) is 26.3 Å². The minimum absolute atomic E-state index is 0.102. The molecule has 0 bridgehead atoms. The van der Waals surface area contributed by atoms with Crippen LogP contribution in [-0.4, -0.2) is 5.97 Å². The molecule has 0 atom stereocenters. The fourth-order valence-electron chi connectivity index (χ4n) is 1.74. The van der Waals surface area contributed by atoms with Gasteiger partial charge in [-0.1, -0.05) is 43.6 Å². The standard InChI is InChI=1S/C16H14ClFO2/c1-10(2)11-6-8-12(9-7-11)20-16(19)13-4-3-5-14(17)15(13)18/h3-10H,1-2H3. The third-order valence-electron chi connectivity index (χ3n) is 2.93. The summed E-state index contributed by atoms with van der Waals surface area (Å²) >= 11 is 5.63. The molecule has 0 aromatic heterocycles. The molecule has 0 aliphatic carbocycles. The molecule has 0 N–H and O–H groups in total. The fourth-order valence-corrected chi connectivity index (χ4v) is 1.92. The van der Waals surface area contributed by atoms with Gasteiger partial charge in [0, 0.05) is 0 Å². The van der Waals surface area contributed by atoms with Gasteiger partial charge in [-0.2, -0.15) is 0 Å². The number of carbonyl (C=O) groups excluding carboxylic acids is 1. The monoisotopic (exact) mass is 292 g/mol. The predicted octanol–water partition coefficient (Wildman–Crippen LogP) is 4.82. The summed E-state index contributed by atoms with van der Waals surface area (Å²) in [7, 11) is 0. The highest BCUT2D eigenvalue weighted by Gasteiger charge is 2.16. The summed E-state index contributed by atoms with van der Waals surface area (Å²) in [5, 5.41) is -0.102. The SMILES string of the molecule is CC(C)c1ccc(OC(=O)c2cccc(Cl)c2F)cc1. The molecular formula is C16H14ClFO2. The number of halogens is 2. The van der Waals surface area contributed by atoms with Gasteiger partial charge in [0.25, 0.3) is 0 Å². The van der Waals surface area contributed by atoms with Gasteiger partial charge in [0.2, 0.25) is 0 Å². The van der Waals surface area contributed by atoms with Gasteiger partial charge in [-0.05, 0) is 35.7 Å². The normalized spacial score (nSPS) is 10.7. The largest absolute Gasteiger partial charge is 0.423 e. The maximum Gasteiger partial charge on any atom is 0.346 e.